The van der Waals surface area contributed by atoms with Crippen LogP contribution < -0.4 is 9.64 Å². The highest BCUT2D eigenvalue weighted by Crippen LogP contribution is 2.45. The van der Waals surface area contributed by atoms with Crippen molar-refractivity contribution in [1.82, 2.24) is 9.88 Å². The Morgan fingerprint density at radius 1 is 0.966 bits per heavy atom. The lowest BCUT2D eigenvalue weighted by atomic mass is 9.88. The molecule has 4 nitrogen and oxygen atoms in total. The maximum atomic E-state index is 5.42. The van der Waals surface area contributed by atoms with E-state index >= 15 is 0 Å². The minimum atomic E-state index is 0.493. The van der Waals surface area contributed by atoms with Gasteiger partial charge in [0.05, 0.1) is 12.6 Å². The van der Waals surface area contributed by atoms with Gasteiger partial charge in [-0.25, -0.2) is 4.98 Å². The molecule has 1 aromatic heterocycles. The van der Waals surface area contributed by atoms with Crippen molar-refractivity contribution in [2.24, 2.45) is 11.8 Å². The van der Waals surface area contributed by atoms with E-state index in [9.17, 15) is 0 Å². The number of rotatable bonds is 3. The lowest BCUT2D eigenvalue weighted by Crippen LogP contribution is -2.29. The van der Waals surface area contributed by atoms with Crippen LogP contribution in [0.5, 0.6) is 5.75 Å². The van der Waals surface area contributed by atoms with Gasteiger partial charge in [0.15, 0.2) is 0 Å². The Hall–Kier alpha value is -2.59. The van der Waals surface area contributed by atoms with E-state index in [0.29, 0.717) is 17.9 Å². The van der Waals surface area contributed by atoms with Crippen molar-refractivity contribution in [3.8, 4) is 5.75 Å². The molecule has 0 saturated carbocycles. The molecule has 0 bridgehead atoms. The third-order valence-electron chi connectivity index (χ3n) is 6.94. The van der Waals surface area contributed by atoms with Gasteiger partial charge in [0, 0.05) is 43.0 Å². The van der Waals surface area contributed by atoms with Crippen molar-refractivity contribution in [3.63, 3.8) is 0 Å². The zero-order chi connectivity index (χ0) is 20.1. The first-order valence-corrected chi connectivity index (χ1v) is 10.5. The van der Waals surface area contributed by atoms with Gasteiger partial charge < -0.3 is 9.64 Å². The number of likely N-dealkylation sites (tertiary alicyclic amines) is 1. The fourth-order valence-corrected chi connectivity index (χ4v) is 5.48. The zero-order valence-electron chi connectivity index (χ0n) is 17.7. The molecule has 3 atom stereocenters. The van der Waals surface area contributed by atoms with Crippen LogP contribution in [0.25, 0.3) is 10.9 Å². The molecule has 0 spiro atoms. The predicted molar refractivity (Wildman–Crippen MR) is 119 cm³/mol. The average molecular weight is 388 g/mol. The fourth-order valence-electron chi connectivity index (χ4n) is 5.48. The first kappa shape index (κ1) is 18.4. The highest BCUT2D eigenvalue weighted by atomic mass is 16.5. The van der Waals surface area contributed by atoms with Crippen LogP contribution in [0, 0.1) is 25.7 Å². The number of benzene rings is 2. The molecule has 3 aromatic rings. The summed E-state index contributed by atoms with van der Waals surface area (Å²) in [7, 11) is 3.99. The van der Waals surface area contributed by atoms with Crippen molar-refractivity contribution in [2.45, 2.75) is 19.9 Å². The standard InChI is InChI=1S/C25H29N3O/c1-16-7-5-6-8-21(16)25-22-15-28(14-18(22)13-27(25)3)24-11-17(2)20-10-9-19(29-4)12-23(20)26-24/h5-12,18,22,25H,13-15H2,1-4H3/t18-,22+,25-/m0/s1. The van der Waals surface area contributed by atoms with E-state index in [1.807, 2.05) is 12.1 Å². The van der Waals surface area contributed by atoms with Gasteiger partial charge in [-0.1, -0.05) is 24.3 Å². The third-order valence-corrected chi connectivity index (χ3v) is 6.94. The van der Waals surface area contributed by atoms with E-state index in [2.05, 4.69) is 67.1 Å². The average Bonchev–Trinajstić information content (AvgIpc) is 3.25. The van der Waals surface area contributed by atoms with Gasteiger partial charge >= 0.3 is 0 Å². The summed E-state index contributed by atoms with van der Waals surface area (Å²) >= 11 is 0. The van der Waals surface area contributed by atoms with Crippen molar-refractivity contribution < 1.29 is 4.74 Å². The SMILES string of the molecule is COc1ccc2c(C)cc(N3C[C@@H]4CN(C)[C@@H](c5ccccc5C)[C@@H]4C3)nc2c1. The normalized spacial score (nSPS) is 24.3. The van der Waals surface area contributed by atoms with Gasteiger partial charge in [-0.05, 0) is 61.7 Å². The first-order chi connectivity index (χ1) is 14.0. The molecule has 0 radical (unpaired) electrons. The minimum Gasteiger partial charge on any atom is -0.497 e. The molecular weight excluding hydrogens is 358 g/mol. The Morgan fingerprint density at radius 2 is 1.79 bits per heavy atom. The molecule has 0 N–H and O–H groups in total. The maximum Gasteiger partial charge on any atom is 0.129 e. The van der Waals surface area contributed by atoms with Crippen LogP contribution in [0.4, 0.5) is 5.82 Å². The van der Waals surface area contributed by atoms with E-state index in [1.165, 1.54) is 22.1 Å². The highest BCUT2D eigenvalue weighted by Gasteiger charge is 2.46. The van der Waals surface area contributed by atoms with Crippen molar-refractivity contribution >= 4 is 16.7 Å². The van der Waals surface area contributed by atoms with Gasteiger partial charge in [0.1, 0.15) is 11.6 Å². The smallest absolute Gasteiger partial charge is 0.129 e. The summed E-state index contributed by atoms with van der Waals surface area (Å²) in [5, 5.41) is 1.20. The first-order valence-electron chi connectivity index (χ1n) is 10.5. The molecule has 2 aliphatic heterocycles. The van der Waals surface area contributed by atoms with Crippen molar-refractivity contribution in [2.75, 3.05) is 38.7 Å². The number of nitrogens with zero attached hydrogens (tertiary/aromatic N) is 3. The quantitative estimate of drug-likeness (QED) is 0.657. The van der Waals surface area contributed by atoms with Crippen LogP contribution in [0.2, 0.25) is 0 Å². The Balaban J connectivity index is 1.47. The molecule has 0 amide bonds. The van der Waals surface area contributed by atoms with Gasteiger partial charge in [0.2, 0.25) is 0 Å². The number of fused-ring (bicyclic) bond motifs is 2. The number of aromatic nitrogens is 1. The van der Waals surface area contributed by atoms with Crippen LogP contribution in [0.3, 0.4) is 0 Å². The zero-order valence-corrected chi connectivity index (χ0v) is 17.7. The molecule has 2 fully saturated rings. The summed E-state index contributed by atoms with van der Waals surface area (Å²) in [5.74, 6) is 3.29. The topological polar surface area (TPSA) is 28.6 Å². The third kappa shape index (κ3) is 3.06. The summed E-state index contributed by atoms with van der Waals surface area (Å²) in [6.45, 7) is 7.72. The molecule has 2 saturated heterocycles. The molecule has 2 aliphatic rings. The van der Waals surface area contributed by atoms with Crippen molar-refractivity contribution in [3.05, 3.63) is 65.2 Å². The Kier molecular flexibility index (Phi) is 4.47. The van der Waals surface area contributed by atoms with Gasteiger partial charge in [-0.3, -0.25) is 4.90 Å². The monoisotopic (exact) mass is 387 g/mol. The van der Waals surface area contributed by atoms with E-state index in [1.54, 1.807) is 7.11 Å². The Morgan fingerprint density at radius 3 is 2.59 bits per heavy atom. The maximum absolute atomic E-state index is 5.42. The lowest BCUT2D eigenvalue weighted by Gasteiger charge is -2.28. The number of methoxy groups -OCH3 is 1. The van der Waals surface area contributed by atoms with E-state index in [4.69, 9.17) is 9.72 Å². The molecule has 3 heterocycles. The number of ether oxygens (including phenoxy) is 1. The molecule has 29 heavy (non-hydrogen) atoms. The molecule has 0 aliphatic carbocycles. The number of hydrogen-bond acceptors (Lipinski definition) is 4. The molecular formula is C25H29N3O. The van der Waals surface area contributed by atoms with E-state index in [0.717, 1.165) is 36.7 Å². The number of pyridine rings is 1. The minimum absolute atomic E-state index is 0.493. The van der Waals surface area contributed by atoms with Gasteiger partial charge in [0.25, 0.3) is 0 Å². The van der Waals surface area contributed by atoms with Crippen LogP contribution in [-0.4, -0.2) is 43.7 Å². The van der Waals surface area contributed by atoms with Crippen LogP contribution in [0.15, 0.2) is 48.5 Å². The summed E-state index contributed by atoms with van der Waals surface area (Å²) in [4.78, 5) is 10.1. The summed E-state index contributed by atoms with van der Waals surface area (Å²) < 4.78 is 5.42. The van der Waals surface area contributed by atoms with Crippen LogP contribution in [0.1, 0.15) is 22.7 Å². The lowest BCUT2D eigenvalue weighted by molar-refractivity contribution is 0.279. The number of aryl methyl sites for hydroxylation is 2. The Labute approximate surface area is 173 Å². The second-order valence-corrected chi connectivity index (χ2v) is 8.75. The van der Waals surface area contributed by atoms with Gasteiger partial charge in [-0.15, -0.1) is 0 Å². The van der Waals surface area contributed by atoms with Crippen LogP contribution >= 0.6 is 0 Å². The molecule has 0 unspecified atom stereocenters. The second kappa shape index (κ2) is 7.03. The molecule has 5 rings (SSSR count). The number of anilines is 1. The molecule has 4 heteroatoms. The van der Waals surface area contributed by atoms with Crippen molar-refractivity contribution in [1.29, 1.82) is 0 Å². The number of hydrogen-bond donors (Lipinski definition) is 0. The van der Waals surface area contributed by atoms with E-state index in [-0.39, 0.29) is 0 Å². The van der Waals surface area contributed by atoms with Crippen LogP contribution in [-0.2, 0) is 0 Å². The highest BCUT2D eigenvalue weighted by molar-refractivity contribution is 5.85. The largest absolute Gasteiger partial charge is 0.497 e. The van der Waals surface area contributed by atoms with E-state index < -0.39 is 0 Å². The second-order valence-electron chi connectivity index (χ2n) is 8.75. The fraction of sp³-hybridized carbons (Fsp3) is 0.400. The molecule has 150 valence electrons. The predicted octanol–water partition coefficient (Wildman–Crippen LogP) is 4.60. The Bertz CT molecular complexity index is 1060. The molecule has 2 aromatic carbocycles. The van der Waals surface area contributed by atoms with Gasteiger partial charge in [-0.2, -0.15) is 0 Å². The summed E-state index contributed by atoms with van der Waals surface area (Å²) in [6, 6.07) is 17.8. The summed E-state index contributed by atoms with van der Waals surface area (Å²) in [5.41, 5.74) is 5.17. The summed E-state index contributed by atoms with van der Waals surface area (Å²) in [6.07, 6.45) is 0.